The van der Waals surface area contributed by atoms with Gasteiger partial charge in [0.05, 0.1) is 18.4 Å². The maximum absolute atomic E-state index is 12.6. The zero-order chi connectivity index (χ0) is 20.0. The smallest absolute Gasteiger partial charge is 0.416 e. The molecule has 0 fully saturated rings. The number of hydrogen-bond acceptors (Lipinski definition) is 4. The first kappa shape index (κ1) is 19.1. The molecule has 2 aromatic heterocycles. The molecule has 1 amide bonds. The topological polar surface area (TPSA) is 80.1 Å². The van der Waals surface area contributed by atoms with Crippen molar-refractivity contribution in [1.82, 2.24) is 15.5 Å². The molecule has 2 heterocycles. The molecule has 144 valence electrons. The molecule has 28 heavy (non-hydrogen) atoms. The van der Waals surface area contributed by atoms with Gasteiger partial charge in [-0.1, -0.05) is 17.9 Å². The van der Waals surface area contributed by atoms with Gasteiger partial charge in [0.15, 0.2) is 11.5 Å². The van der Waals surface area contributed by atoms with Crippen molar-refractivity contribution in [2.24, 2.45) is 0 Å². The quantitative estimate of drug-likeness (QED) is 0.655. The number of alkyl halides is 3. The predicted molar refractivity (Wildman–Crippen MR) is 93.3 cm³/mol. The second-order valence-electron chi connectivity index (χ2n) is 5.49. The summed E-state index contributed by atoms with van der Waals surface area (Å²) in [5, 5.41) is 9.14. The van der Waals surface area contributed by atoms with Crippen LogP contribution in [-0.4, -0.2) is 29.3 Å². The molecule has 0 unspecified atom stereocenters. The molecule has 0 aliphatic rings. The largest absolute Gasteiger partial charge is 0.481 e. The van der Waals surface area contributed by atoms with Crippen LogP contribution in [0.25, 0.3) is 11.5 Å². The molecule has 3 rings (SSSR count). The monoisotopic (exact) mass is 389 g/mol. The van der Waals surface area contributed by atoms with Crippen molar-refractivity contribution >= 4 is 5.91 Å². The molecule has 0 bridgehead atoms. The van der Waals surface area contributed by atoms with E-state index in [4.69, 9.17) is 9.15 Å². The van der Waals surface area contributed by atoms with E-state index < -0.39 is 17.6 Å². The van der Waals surface area contributed by atoms with Crippen molar-refractivity contribution in [2.45, 2.75) is 6.18 Å². The third-order valence-electron chi connectivity index (χ3n) is 3.53. The Kier molecular flexibility index (Phi) is 5.69. The summed E-state index contributed by atoms with van der Waals surface area (Å²) >= 11 is 0. The molecule has 0 aliphatic heterocycles. The Labute approximate surface area is 157 Å². The zero-order valence-corrected chi connectivity index (χ0v) is 14.3. The van der Waals surface area contributed by atoms with E-state index in [-0.39, 0.29) is 24.6 Å². The summed E-state index contributed by atoms with van der Waals surface area (Å²) < 4.78 is 48.2. The standard InChI is InChI=1S/C19H14F3N3O3/c20-19(21,22)13-5-3-6-14(11-13)27-9-2-1-8-23-18(26)16-12-15(24-25-16)17-7-4-10-28-17/h3-7,10-12H,8-9H2,(H,23,26)(H,24,25). The lowest BCUT2D eigenvalue weighted by molar-refractivity contribution is -0.137. The summed E-state index contributed by atoms with van der Waals surface area (Å²) in [6, 6.07) is 9.51. The number of amides is 1. The van der Waals surface area contributed by atoms with Gasteiger partial charge >= 0.3 is 6.18 Å². The lowest BCUT2D eigenvalue weighted by Gasteiger charge is -2.08. The molecule has 0 saturated carbocycles. The van der Waals surface area contributed by atoms with Gasteiger partial charge in [-0.3, -0.25) is 9.89 Å². The molecule has 0 saturated heterocycles. The molecule has 6 nitrogen and oxygen atoms in total. The van der Waals surface area contributed by atoms with Gasteiger partial charge in [-0.15, -0.1) is 0 Å². The average Bonchev–Trinajstić information content (AvgIpc) is 3.35. The minimum atomic E-state index is -4.43. The number of benzene rings is 1. The third-order valence-corrected chi connectivity index (χ3v) is 3.53. The van der Waals surface area contributed by atoms with Crippen LogP contribution in [0.2, 0.25) is 0 Å². The Hall–Kier alpha value is -3.67. The molecular weight excluding hydrogens is 375 g/mol. The van der Waals surface area contributed by atoms with E-state index in [1.807, 2.05) is 0 Å². The number of hydrogen-bond donors (Lipinski definition) is 2. The molecule has 0 aliphatic carbocycles. The van der Waals surface area contributed by atoms with E-state index in [9.17, 15) is 18.0 Å². The minimum absolute atomic E-state index is 0.0354. The number of furan rings is 1. The summed E-state index contributed by atoms with van der Waals surface area (Å²) in [5.74, 6) is 5.46. The van der Waals surface area contributed by atoms with Crippen LogP contribution in [0.3, 0.4) is 0 Å². The van der Waals surface area contributed by atoms with Gasteiger partial charge in [0.25, 0.3) is 5.91 Å². The second-order valence-corrected chi connectivity index (χ2v) is 5.49. The van der Waals surface area contributed by atoms with Crippen molar-refractivity contribution in [2.75, 3.05) is 13.2 Å². The van der Waals surface area contributed by atoms with Crippen LogP contribution in [0.15, 0.2) is 53.1 Å². The Morgan fingerprint density at radius 2 is 2.07 bits per heavy atom. The molecular formula is C19H14F3N3O3. The Morgan fingerprint density at radius 3 is 2.82 bits per heavy atom. The maximum atomic E-state index is 12.6. The Morgan fingerprint density at radius 1 is 1.21 bits per heavy atom. The highest BCUT2D eigenvalue weighted by molar-refractivity contribution is 5.93. The molecule has 3 aromatic rings. The predicted octanol–water partition coefficient (Wildman–Crippen LogP) is 3.50. The van der Waals surface area contributed by atoms with E-state index in [1.165, 1.54) is 18.4 Å². The van der Waals surface area contributed by atoms with Gasteiger partial charge in [0.1, 0.15) is 18.1 Å². The van der Waals surface area contributed by atoms with Gasteiger partial charge in [-0.25, -0.2) is 0 Å². The highest BCUT2D eigenvalue weighted by Gasteiger charge is 2.30. The Bertz CT molecular complexity index is 999. The maximum Gasteiger partial charge on any atom is 0.416 e. The second kappa shape index (κ2) is 8.35. The van der Waals surface area contributed by atoms with Crippen molar-refractivity contribution < 1.29 is 27.1 Å². The lowest BCUT2D eigenvalue weighted by Crippen LogP contribution is -2.24. The number of aromatic amines is 1. The average molecular weight is 389 g/mol. The van der Waals surface area contributed by atoms with E-state index >= 15 is 0 Å². The summed E-state index contributed by atoms with van der Waals surface area (Å²) in [4.78, 5) is 12.0. The summed E-state index contributed by atoms with van der Waals surface area (Å²) in [5.41, 5.74) is -0.0534. The van der Waals surface area contributed by atoms with Crippen LogP contribution in [0.5, 0.6) is 5.75 Å². The van der Waals surface area contributed by atoms with Crippen LogP contribution in [0.1, 0.15) is 16.1 Å². The molecule has 2 N–H and O–H groups in total. The highest BCUT2D eigenvalue weighted by atomic mass is 19.4. The van der Waals surface area contributed by atoms with Crippen LogP contribution in [0, 0.1) is 11.8 Å². The third kappa shape index (κ3) is 4.94. The van der Waals surface area contributed by atoms with Gasteiger partial charge in [-0.2, -0.15) is 18.3 Å². The van der Waals surface area contributed by atoms with E-state index in [0.29, 0.717) is 11.5 Å². The van der Waals surface area contributed by atoms with Crippen LogP contribution < -0.4 is 10.1 Å². The first-order valence-electron chi connectivity index (χ1n) is 8.07. The zero-order valence-electron chi connectivity index (χ0n) is 14.3. The van der Waals surface area contributed by atoms with Crippen molar-refractivity contribution in [3.8, 4) is 29.0 Å². The number of H-pyrrole nitrogens is 1. The van der Waals surface area contributed by atoms with E-state index in [0.717, 1.165) is 12.1 Å². The molecule has 0 radical (unpaired) electrons. The fourth-order valence-electron chi connectivity index (χ4n) is 2.21. The number of nitrogens with zero attached hydrogens (tertiary/aromatic N) is 1. The summed E-state index contributed by atoms with van der Waals surface area (Å²) in [7, 11) is 0. The van der Waals surface area contributed by atoms with Crippen molar-refractivity contribution in [3.63, 3.8) is 0 Å². The van der Waals surface area contributed by atoms with Gasteiger partial charge in [0, 0.05) is 6.07 Å². The number of carbonyl (C=O) groups excluding carboxylic acids is 1. The number of rotatable bonds is 5. The number of carbonyl (C=O) groups is 1. The summed E-state index contributed by atoms with van der Waals surface area (Å²) in [6.07, 6.45) is -2.93. The fourth-order valence-corrected chi connectivity index (χ4v) is 2.21. The number of halogens is 3. The molecule has 0 spiro atoms. The van der Waals surface area contributed by atoms with Gasteiger partial charge < -0.3 is 14.5 Å². The SMILES string of the molecule is O=C(NCC#CCOc1cccc(C(F)(F)F)c1)c1cc(-c2ccco2)[nH]n1. The van der Waals surface area contributed by atoms with Crippen LogP contribution in [-0.2, 0) is 6.18 Å². The van der Waals surface area contributed by atoms with E-state index in [2.05, 4.69) is 27.4 Å². The first-order chi connectivity index (χ1) is 13.4. The lowest BCUT2D eigenvalue weighted by atomic mass is 10.2. The first-order valence-corrected chi connectivity index (χ1v) is 8.07. The summed E-state index contributed by atoms with van der Waals surface area (Å²) in [6.45, 7) is -0.0735. The molecule has 1 aromatic carbocycles. The number of aromatic nitrogens is 2. The number of ether oxygens (including phenoxy) is 1. The highest BCUT2D eigenvalue weighted by Crippen LogP contribution is 2.31. The van der Waals surface area contributed by atoms with Crippen LogP contribution in [0.4, 0.5) is 13.2 Å². The molecule has 9 heteroatoms. The normalized spacial score (nSPS) is 10.8. The van der Waals surface area contributed by atoms with E-state index in [1.54, 1.807) is 18.2 Å². The van der Waals surface area contributed by atoms with Crippen LogP contribution >= 0.6 is 0 Å². The number of nitrogens with one attached hydrogen (secondary N) is 2. The Balaban J connectivity index is 1.45. The fraction of sp³-hybridized carbons (Fsp3) is 0.158. The minimum Gasteiger partial charge on any atom is -0.481 e. The van der Waals surface area contributed by atoms with Crippen molar-refractivity contribution in [1.29, 1.82) is 0 Å². The van der Waals surface area contributed by atoms with Gasteiger partial charge in [-0.05, 0) is 30.3 Å². The molecule has 0 atom stereocenters. The van der Waals surface area contributed by atoms with Gasteiger partial charge in [0.2, 0.25) is 0 Å². The van der Waals surface area contributed by atoms with Crippen molar-refractivity contribution in [3.05, 3.63) is 60.0 Å².